The van der Waals surface area contributed by atoms with Crippen LogP contribution in [0.4, 0.5) is 0 Å². The van der Waals surface area contributed by atoms with Gasteiger partial charge in [0.15, 0.2) is 0 Å². The van der Waals surface area contributed by atoms with Crippen molar-refractivity contribution in [3.05, 3.63) is 40.5 Å². The predicted octanol–water partition coefficient (Wildman–Crippen LogP) is 3.89. The highest BCUT2D eigenvalue weighted by Gasteiger charge is 1.97. The second kappa shape index (κ2) is 3.76. The third-order valence-electron chi connectivity index (χ3n) is 1.87. The van der Waals surface area contributed by atoms with Crippen molar-refractivity contribution in [1.29, 1.82) is 0 Å². The van der Waals surface area contributed by atoms with Gasteiger partial charge in [-0.05, 0) is 39.7 Å². The fraction of sp³-hybridized carbons (Fsp3) is 0.100. The standard InChI is InChI=1S/C10H7Br2N/c11-5-7-1-2-10-8(3-7)4-9(12)6-13-10/h1-4,6H,5H2. The van der Waals surface area contributed by atoms with Crippen molar-refractivity contribution < 1.29 is 0 Å². The van der Waals surface area contributed by atoms with Crippen molar-refractivity contribution in [3.63, 3.8) is 0 Å². The van der Waals surface area contributed by atoms with E-state index in [-0.39, 0.29) is 0 Å². The lowest BCUT2D eigenvalue weighted by Gasteiger charge is -1.99. The van der Waals surface area contributed by atoms with Crippen LogP contribution in [0.2, 0.25) is 0 Å². The minimum atomic E-state index is 0.884. The van der Waals surface area contributed by atoms with E-state index in [1.807, 2.05) is 12.3 Å². The number of rotatable bonds is 1. The van der Waals surface area contributed by atoms with E-state index in [1.165, 1.54) is 10.9 Å². The van der Waals surface area contributed by atoms with Gasteiger partial charge in [0, 0.05) is 21.4 Å². The van der Waals surface area contributed by atoms with Gasteiger partial charge in [-0.1, -0.05) is 22.0 Å². The lowest BCUT2D eigenvalue weighted by atomic mass is 10.1. The summed E-state index contributed by atoms with van der Waals surface area (Å²) in [5.74, 6) is 0. The van der Waals surface area contributed by atoms with E-state index in [2.05, 4.69) is 55.0 Å². The molecular weight excluding hydrogens is 294 g/mol. The number of nitrogens with zero attached hydrogens (tertiary/aromatic N) is 1. The number of pyridine rings is 1. The van der Waals surface area contributed by atoms with Crippen LogP contribution in [0.3, 0.4) is 0 Å². The van der Waals surface area contributed by atoms with Gasteiger partial charge in [0.25, 0.3) is 0 Å². The summed E-state index contributed by atoms with van der Waals surface area (Å²) in [5, 5.41) is 2.06. The Labute approximate surface area is 93.4 Å². The molecule has 0 saturated carbocycles. The van der Waals surface area contributed by atoms with Crippen molar-refractivity contribution >= 4 is 42.8 Å². The Morgan fingerprint density at radius 3 is 2.85 bits per heavy atom. The molecule has 0 radical (unpaired) electrons. The molecule has 1 aromatic carbocycles. The predicted molar refractivity (Wildman–Crippen MR) is 62.1 cm³/mol. The van der Waals surface area contributed by atoms with E-state index in [0.29, 0.717) is 0 Å². The number of fused-ring (bicyclic) bond motifs is 1. The van der Waals surface area contributed by atoms with Crippen LogP contribution in [0.1, 0.15) is 5.56 Å². The largest absolute Gasteiger partial charge is 0.255 e. The summed E-state index contributed by atoms with van der Waals surface area (Å²) in [6.45, 7) is 0. The molecule has 0 amide bonds. The second-order valence-corrected chi connectivity index (χ2v) is 4.29. The highest BCUT2D eigenvalue weighted by atomic mass is 79.9. The Kier molecular flexibility index (Phi) is 2.65. The summed E-state index contributed by atoms with van der Waals surface area (Å²) in [7, 11) is 0. The first-order valence-corrected chi connectivity index (χ1v) is 5.81. The lowest BCUT2D eigenvalue weighted by Crippen LogP contribution is -1.81. The zero-order chi connectivity index (χ0) is 9.26. The highest BCUT2D eigenvalue weighted by Crippen LogP contribution is 2.19. The van der Waals surface area contributed by atoms with Crippen molar-refractivity contribution in [2.45, 2.75) is 5.33 Å². The molecule has 0 saturated heterocycles. The zero-order valence-electron chi connectivity index (χ0n) is 6.80. The Morgan fingerprint density at radius 1 is 1.23 bits per heavy atom. The molecule has 1 aromatic heterocycles. The number of hydrogen-bond donors (Lipinski definition) is 0. The van der Waals surface area contributed by atoms with Crippen LogP contribution in [0.15, 0.2) is 34.9 Å². The van der Waals surface area contributed by atoms with Crippen LogP contribution in [0, 0.1) is 0 Å². The van der Waals surface area contributed by atoms with Crippen LogP contribution in [-0.4, -0.2) is 4.98 Å². The van der Waals surface area contributed by atoms with Gasteiger partial charge in [0.1, 0.15) is 0 Å². The van der Waals surface area contributed by atoms with Crippen LogP contribution >= 0.6 is 31.9 Å². The Morgan fingerprint density at radius 2 is 2.08 bits per heavy atom. The van der Waals surface area contributed by atoms with E-state index >= 15 is 0 Å². The number of hydrogen-bond acceptors (Lipinski definition) is 1. The molecule has 0 unspecified atom stereocenters. The zero-order valence-corrected chi connectivity index (χ0v) is 9.97. The Hall–Kier alpha value is -0.410. The average Bonchev–Trinajstić information content (AvgIpc) is 2.16. The molecule has 1 heterocycles. The van der Waals surface area contributed by atoms with Crippen molar-refractivity contribution in [3.8, 4) is 0 Å². The molecule has 0 N–H and O–H groups in total. The van der Waals surface area contributed by atoms with E-state index in [9.17, 15) is 0 Å². The molecule has 0 aliphatic carbocycles. The number of aromatic nitrogens is 1. The second-order valence-electron chi connectivity index (χ2n) is 2.81. The minimum absolute atomic E-state index is 0.884. The van der Waals surface area contributed by atoms with E-state index < -0.39 is 0 Å². The molecule has 66 valence electrons. The molecule has 0 atom stereocenters. The van der Waals surface area contributed by atoms with Crippen LogP contribution in [0.25, 0.3) is 10.9 Å². The molecule has 0 fully saturated rings. The smallest absolute Gasteiger partial charge is 0.0703 e. The molecule has 0 spiro atoms. The SMILES string of the molecule is BrCc1ccc2ncc(Br)cc2c1. The van der Waals surface area contributed by atoms with Crippen LogP contribution in [-0.2, 0) is 5.33 Å². The fourth-order valence-corrected chi connectivity index (χ4v) is 1.94. The van der Waals surface area contributed by atoms with Gasteiger partial charge in [-0.25, -0.2) is 0 Å². The summed E-state index contributed by atoms with van der Waals surface area (Å²) in [6.07, 6.45) is 1.82. The molecule has 1 nitrogen and oxygen atoms in total. The molecule has 2 aromatic rings. The van der Waals surface area contributed by atoms with Crippen molar-refractivity contribution in [1.82, 2.24) is 4.98 Å². The van der Waals surface area contributed by atoms with Gasteiger partial charge in [-0.15, -0.1) is 0 Å². The monoisotopic (exact) mass is 299 g/mol. The fourth-order valence-electron chi connectivity index (χ4n) is 1.24. The van der Waals surface area contributed by atoms with Gasteiger partial charge in [-0.2, -0.15) is 0 Å². The molecule has 0 bridgehead atoms. The van der Waals surface area contributed by atoms with E-state index in [4.69, 9.17) is 0 Å². The summed E-state index contributed by atoms with van der Waals surface area (Å²) < 4.78 is 1.02. The van der Waals surface area contributed by atoms with Gasteiger partial charge < -0.3 is 0 Å². The normalized spacial score (nSPS) is 10.6. The van der Waals surface area contributed by atoms with Crippen LogP contribution in [0.5, 0.6) is 0 Å². The molecule has 0 aliphatic rings. The molecule has 3 heteroatoms. The molecule has 2 rings (SSSR count). The Bertz CT molecular complexity index is 440. The maximum absolute atomic E-state index is 4.29. The maximum Gasteiger partial charge on any atom is 0.0703 e. The summed E-state index contributed by atoms with van der Waals surface area (Å²) in [4.78, 5) is 4.29. The van der Waals surface area contributed by atoms with Gasteiger partial charge >= 0.3 is 0 Å². The molecular formula is C10H7Br2N. The number of halogens is 2. The van der Waals surface area contributed by atoms with E-state index in [1.54, 1.807) is 0 Å². The summed E-state index contributed by atoms with van der Waals surface area (Å²) in [6, 6.07) is 8.34. The number of benzene rings is 1. The van der Waals surface area contributed by atoms with E-state index in [0.717, 1.165) is 15.3 Å². The van der Waals surface area contributed by atoms with Gasteiger partial charge in [0.2, 0.25) is 0 Å². The molecule has 13 heavy (non-hydrogen) atoms. The first kappa shape index (κ1) is 9.16. The number of alkyl halides is 1. The average molecular weight is 301 g/mol. The third-order valence-corrected chi connectivity index (χ3v) is 2.95. The minimum Gasteiger partial charge on any atom is -0.255 e. The maximum atomic E-state index is 4.29. The first-order valence-electron chi connectivity index (χ1n) is 3.90. The first-order chi connectivity index (χ1) is 6.29. The quantitative estimate of drug-likeness (QED) is 0.728. The highest BCUT2D eigenvalue weighted by molar-refractivity contribution is 9.10. The third kappa shape index (κ3) is 1.92. The lowest BCUT2D eigenvalue weighted by molar-refractivity contribution is 1.37. The van der Waals surface area contributed by atoms with Gasteiger partial charge in [-0.3, -0.25) is 4.98 Å². The Balaban J connectivity index is 2.68. The summed E-state index contributed by atoms with van der Waals surface area (Å²) >= 11 is 6.83. The molecule has 0 aliphatic heterocycles. The van der Waals surface area contributed by atoms with Crippen LogP contribution < -0.4 is 0 Å². The summed E-state index contributed by atoms with van der Waals surface area (Å²) in [5.41, 5.74) is 2.31. The van der Waals surface area contributed by atoms with Crippen molar-refractivity contribution in [2.75, 3.05) is 0 Å². The topological polar surface area (TPSA) is 12.9 Å². The van der Waals surface area contributed by atoms with Crippen molar-refractivity contribution in [2.24, 2.45) is 0 Å². The van der Waals surface area contributed by atoms with Gasteiger partial charge in [0.05, 0.1) is 5.52 Å².